The molecule has 2 aromatic rings. The summed E-state index contributed by atoms with van der Waals surface area (Å²) in [6.07, 6.45) is 2.55. The smallest absolute Gasteiger partial charge is 0.328 e. The molecule has 1 heterocycles. The molecule has 11 nitrogen and oxygen atoms in total. The van der Waals surface area contributed by atoms with Gasteiger partial charge >= 0.3 is 23.9 Å². The number of esters is 1. The second kappa shape index (κ2) is 17.4. The Morgan fingerprint density at radius 3 is 2.08 bits per heavy atom. The van der Waals surface area contributed by atoms with Gasteiger partial charge in [0.15, 0.2) is 0 Å². The number of benzene rings is 1. The summed E-state index contributed by atoms with van der Waals surface area (Å²) >= 11 is 1.50. The maximum Gasteiger partial charge on any atom is 0.328 e. The number of aliphatic carboxylic acids is 3. The molecule has 0 bridgehead atoms. The molecule has 1 aromatic heterocycles. The van der Waals surface area contributed by atoms with Gasteiger partial charge in [-0.1, -0.05) is 36.4 Å². The van der Waals surface area contributed by atoms with Crippen molar-refractivity contribution in [3.05, 3.63) is 70.4 Å². The van der Waals surface area contributed by atoms with Gasteiger partial charge in [-0.3, -0.25) is 19.7 Å². The highest BCUT2D eigenvalue weighted by molar-refractivity contribution is 7.09. The van der Waals surface area contributed by atoms with E-state index in [1.807, 2.05) is 47.8 Å². The van der Waals surface area contributed by atoms with E-state index in [0.717, 1.165) is 10.4 Å². The summed E-state index contributed by atoms with van der Waals surface area (Å²) in [5.74, 6) is -4.53. The van der Waals surface area contributed by atoms with Gasteiger partial charge < -0.3 is 25.4 Å². The fourth-order valence-corrected chi connectivity index (χ4v) is 3.84. The lowest BCUT2D eigenvalue weighted by Crippen LogP contribution is -2.54. The average molecular weight is 549 g/mol. The molecule has 3 atom stereocenters. The molecule has 1 aromatic carbocycles. The third-order valence-electron chi connectivity index (χ3n) is 4.94. The van der Waals surface area contributed by atoms with Gasteiger partial charge in [0.05, 0.1) is 12.6 Å². The van der Waals surface area contributed by atoms with Crippen LogP contribution in [0, 0.1) is 0 Å². The number of carbonyl (C=O) groups is 5. The Balaban J connectivity index is 0.000000781. The van der Waals surface area contributed by atoms with E-state index < -0.39 is 47.9 Å². The summed E-state index contributed by atoms with van der Waals surface area (Å²) in [7, 11) is 0. The fourth-order valence-electron chi connectivity index (χ4n) is 3.09. The SMILES string of the molecule is CCOC(=O)C(CCc1ccccc1)N[C@@H](Cc1cccs1)C(=O)N[C@@H](C)C(=O)O.O=C(O)/C=C\C(=O)O. The molecule has 0 aliphatic rings. The van der Waals surface area contributed by atoms with Crippen molar-refractivity contribution in [1.82, 2.24) is 10.6 Å². The first-order chi connectivity index (χ1) is 18.0. The Kier molecular flexibility index (Phi) is 14.7. The number of aryl methyl sites for hydroxylation is 1. The van der Waals surface area contributed by atoms with Crippen LogP contribution in [0.4, 0.5) is 0 Å². The number of nitrogens with one attached hydrogen (secondary N) is 2. The van der Waals surface area contributed by atoms with Crippen molar-refractivity contribution in [2.45, 2.75) is 51.2 Å². The van der Waals surface area contributed by atoms with Gasteiger partial charge in [0.2, 0.25) is 5.91 Å². The van der Waals surface area contributed by atoms with Crippen LogP contribution in [0.25, 0.3) is 0 Å². The summed E-state index contributed by atoms with van der Waals surface area (Å²) in [6, 6.07) is 11.0. The highest BCUT2D eigenvalue weighted by atomic mass is 32.1. The number of rotatable bonds is 14. The van der Waals surface area contributed by atoms with E-state index in [1.165, 1.54) is 18.3 Å². The quantitative estimate of drug-likeness (QED) is 0.173. The first-order valence-electron chi connectivity index (χ1n) is 11.7. The number of hydrogen-bond acceptors (Lipinski definition) is 8. The Bertz CT molecular complexity index is 1060. The molecule has 0 aliphatic carbocycles. The molecular formula is C26H32N2O9S. The molecule has 5 N–H and O–H groups in total. The zero-order valence-corrected chi connectivity index (χ0v) is 21.8. The van der Waals surface area contributed by atoms with Crippen LogP contribution < -0.4 is 10.6 Å². The number of carbonyl (C=O) groups excluding carboxylic acids is 2. The average Bonchev–Trinajstić information content (AvgIpc) is 3.38. The predicted molar refractivity (Wildman–Crippen MR) is 140 cm³/mol. The van der Waals surface area contributed by atoms with Crippen LogP contribution in [-0.4, -0.2) is 69.8 Å². The van der Waals surface area contributed by atoms with Gasteiger partial charge in [-0.25, -0.2) is 9.59 Å². The van der Waals surface area contributed by atoms with Gasteiger partial charge in [0, 0.05) is 23.5 Å². The molecule has 0 aliphatic heterocycles. The monoisotopic (exact) mass is 548 g/mol. The normalized spacial score (nSPS) is 12.9. The van der Waals surface area contributed by atoms with Crippen molar-refractivity contribution in [1.29, 1.82) is 0 Å². The van der Waals surface area contributed by atoms with Crippen molar-refractivity contribution in [3.8, 4) is 0 Å². The van der Waals surface area contributed by atoms with E-state index in [4.69, 9.17) is 20.1 Å². The molecule has 1 unspecified atom stereocenters. The fraction of sp³-hybridized carbons (Fsp3) is 0.346. The van der Waals surface area contributed by atoms with E-state index in [1.54, 1.807) is 6.92 Å². The van der Waals surface area contributed by atoms with Crippen molar-refractivity contribution in [2.24, 2.45) is 0 Å². The highest BCUT2D eigenvalue weighted by Crippen LogP contribution is 2.14. The number of amides is 1. The molecule has 38 heavy (non-hydrogen) atoms. The Morgan fingerprint density at radius 2 is 1.58 bits per heavy atom. The first-order valence-corrected chi connectivity index (χ1v) is 12.6. The minimum Gasteiger partial charge on any atom is -0.480 e. The van der Waals surface area contributed by atoms with E-state index in [0.29, 0.717) is 31.4 Å². The zero-order valence-electron chi connectivity index (χ0n) is 21.0. The maximum atomic E-state index is 12.8. The molecule has 12 heteroatoms. The second-order valence-electron chi connectivity index (χ2n) is 7.91. The number of carboxylic acids is 3. The third-order valence-corrected chi connectivity index (χ3v) is 5.84. The summed E-state index contributed by atoms with van der Waals surface area (Å²) in [6.45, 7) is 3.37. The van der Waals surface area contributed by atoms with Crippen molar-refractivity contribution >= 4 is 41.1 Å². The molecular weight excluding hydrogens is 516 g/mol. The number of ether oxygens (including phenoxy) is 1. The molecule has 0 fully saturated rings. The summed E-state index contributed by atoms with van der Waals surface area (Å²) < 4.78 is 5.20. The standard InChI is InChI=1S/C22H28N2O5S.C4H4O4/c1-3-29-22(28)18(12-11-16-8-5-4-6-9-16)24-19(14-17-10-7-13-30-17)20(25)23-15(2)21(26)27;5-3(6)1-2-4(7)8/h4-10,13,15,18-19,24H,3,11-12,14H2,1-2H3,(H,23,25)(H,26,27);1-2H,(H,5,6)(H,7,8)/b;2-1-/t15-,18?,19-;/m0./s1. The predicted octanol–water partition coefficient (Wildman–Crippen LogP) is 2.11. The summed E-state index contributed by atoms with van der Waals surface area (Å²) in [5, 5.41) is 32.3. The third kappa shape index (κ3) is 13.3. The maximum absolute atomic E-state index is 12.8. The number of carboxylic acid groups (broad SMARTS) is 3. The molecule has 1 amide bonds. The Hall–Kier alpha value is -4.03. The largest absolute Gasteiger partial charge is 0.480 e. The Labute approximate surface area is 224 Å². The van der Waals surface area contributed by atoms with Crippen molar-refractivity contribution < 1.29 is 44.0 Å². The topological polar surface area (TPSA) is 179 Å². The minimum atomic E-state index is -1.26. The lowest BCUT2D eigenvalue weighted by atomic mass is 10.0. The van der Waals surface area contributed by atoms with E-state index >= 15 is 0 Å². The number of hydrogen-bond donors (Lipinski definition) is 5. The number of thiophene rings is 1. The van der Waals surface area contributed by atoms with Crippen LogP contribution in [0.5, 0.6) is 0 Å². The van der Waals surface area contributed by atoms with E-state index in [9.17, 15) is 24.0 Å². The van der Waals surface area contributed by atoms with E-state index in [-0.39, 0.29) is 6.61 Å². The van der Waals surface area contributed by atoms with Crippen LogP contribution in [0.2, 0.25) is 0 Å². The van der Waals surface area contributed by atoms with Crippen LogP contribution >= 0.6 is 11.3 Å². The van der Waals surface area contributed by atoms with Crippen molar-refractivity contribution in [2.75, 3.05) is 6.61 Å². The Morgan fingerprint density at radius 1 is 0.947 bits per heavy atom. The van der Waals surface area contributed by atoms with Gasteiger partial charge in [-0.05, 0) is 43.7 Å². The van der Waals surface area contributed by atoms with Crippen LogP contribution in [0.3, 0.4) is 0 Å². The molecule has 0 spiro atoms. The minimum absolute atomic E-state index is 0.236. The van der Waals surface area contributed by atoms with Gasteiger partial charge in [0.25, 0.3) is 0 Å². The molecule has 0 radical (unpaired) electrons. The molecule has 2 rings (SSSR count). The van der Waals surface area contributed by atoms with Crippen molar-refractivity contribution in [3.63, 3.8) is 0 Å². The molecule has 0 saturated heterocycles. The second-order valence-corrected chi connectivity index (χ2v) is 8.94. The van der Waals surface area contributed by atoms with Crippen LogP contribution in [0.15, 0.2) is 60.0 Å². The van der Waals surface area contributed by atoms with Gasteiger partial charge in [-0.2, -0.15) is 0 Å². The first kappa shape index (κ1) is 32.0. The molecule has 206 valence electrons. The van der Waals surface area contributed by atoms with Crippen LogP contribution in [-0.2, 0) is 41.6 Å². The van der Waals surface area contributed by atoms with Crippen LogP contribution in [0.1, 0.15) is 30.7 Å². The lowest BCUT2D eigenvalue weighted by molar-refractivity contribution is -0.147. The molecule has 0 saturated carbocycles. The van der Waals surface area contributed by atoms with Gasteiger partial charge in [0.1, 0.15) is 12.1 Å². The van der Waals surface area contributed by atoms with Gasteiger partial charge in [-0.15, -0.1) is 11.3 Å². The highest BCUT2D eigenvalue weighted by Gasteiger charge is 2.29. The lowest BCUT2D eigenvalue weighted by Gasteiger charge is -2.25. The van der Waals surface area contributed by atoms with E-state index in [2.05, 4.69) is 10.6 Å². The summed E-state index contributed by atoms with van der Waals surface area (Å²) in [5.41, 5.74) is 1.08. The summed E-state index contributed by atoms with van der Waals surface area (Å²) in [4.78, 5) is 56.5. The zero-order chi connectivity index (χ0) is 28.5.